The standard InChI is InChI=1S/C23H29F2N3O/c1-2-27-13-19(14-29-15-20-5-3-4-9-26-20)23(16-27)8-10-28(17-23)12-18-6-7-21(24)22(25)11-18/h3-7,9,11,19H,2,8,10,12-17H2,1H3/t19-,23-/m1/s1. The van der Waals surface area contributed by atoms with Crippen molar-refractivity contribution in [2.24, 2.45) is 11.3 Å². The van der Waals surface area contributed by atoms with Crippen molar-refractivity contribution in [1.29, 1.82) is 0 Å². The van der Waals surface area contributed by atoms with E-state index in [0.29, 0.717) is 19.1 Å². The second-order valence-corrected chi connectivity index (χ2v) is 8.43. The van der Waals surface area contributed by atoms with Crippen molar-refractivity contribution in [2.75, 3.05) is 39.3 Å². The first-order valence-corrected chi connectivity index (χ1v) is 10.4. The number of likely N-dealkylation sites (tertiary alicyclic amines) is 2. The molecular weight excluding hydrogens is 372 g/mol. The summed E-state index contributed by atoms with van der Waals surface area (Å²) in [4.78, 5) is 9.22. The molecule has 2 aliphatic heterocycles. The van der Waals surface area contributed by atoms with Gasteiger partial charge in [-0.1, -0.05) is 19.1 Å². The number of hydrogen-bond donors (Lipinski definition) is 0. The molecule has 2 saturated heterocycles. The van der Waals surface area contributed by atoms with Gasteiger partial charge < -0.3 is 9.64 Å². The average molecular weight is 402 g/mol. The Balaban J connectivity index is 1.38. The molecule has 2 aliphatic rings. The van der Waals surface area contributed by atoms with E-state index in [4.69, 9.17) is 4.74 Å². The van der Waals surface area contributed by atoms with Gasteiger partial charge in [-0.15, -0.1) is 0 Å². The molecule has 0 aliphatic carbocycles. The van der Waals surface area contributed by atoms with Crippen LogP contribution in [0, 0.1) is 23.0 Å². The fourth-order valence-electron chi connectivity index (χ4n) is 4.88. The second-order valence-electron chi connectivity index (χ2n) is 8.43. The SMILES string of the molecule is CCN1C[C@H](COCc2ccccn2)[C@]2(CCN(Cc3ccc(F)c(F)c3)C2)C1. The van der Waals surface area contributed by atoms with Gasteiger partial charge in [0.1, 0.15) is 0 Å². The first kappa shape index (κ1) is 20.4. The maximum atomic E-state index is 13.6. The van der Waals surface area contributed by atoms with Gasteiger partial charge in [0.15, 0.2) is 11.6 Å². The van der Waals surface area contributed by atoms with Crippen molar-refractivity contribution in [2.45, 2.75) is 26.5 Å². The van der Waals surface area contributed by atoms with Crippen molar-refractivity contribution in [1.82, 2.24) is 14.8 Å². The normalized spacial score (nSPS) is 25.3. The summed E-state index contributed by atoms with van der Waals surface area (Å²) in [6.07, 6.45) is 2.91. The number of halogens is 2. The van der Waals surface area contributed by atoms with Crippen LogP contribution in [-0.2, 0) is 17.9 Å². The van der Waals surface area contributed by atoms with E-state index in [1.807, 2.05) is 18.2 Å². The summed E-state index contributed by atoms with van der Waals surface area (Å²) in [5, 5.41) is 0. The Labute approximate surface area is 171 Å². The van der Waals surface area contributed by atoms with Gasteiger partial charge in [-0.05, 0) is 49.3 Å². The van der Waals surface area contributed by atoms with Crippen LogP contribution >= 0.6 is 0 Å². The topological polar surface area (TPSA) is 28.6 Å². The van der Waals surface area contributed by atoms with Crippen molar-refractivity contribution in [3.05, 3.63) is 65.5 Å². The maximum Gasteiger partial charge on any atom is 0.159 e. The summed E-state index contributed by atoms with van der Waals surface area (Å²) in [6.45, 7) is 9.26. The zero-order valence-corrected chi connectivity index (χ0v) is 17.0. The molecule has 4 rings (SSSR count). The fraction of sp³-hybridized carbons (Fsp3) is 0.522. The molecule has 1 aromatic heterocycles. The number of ether oxygens (including phenoxy) is 1. The highest BCUT2D eigenvalue weighted by atomic mass is 19.2. The van der Waals surface area contributed by atoms with Gasteiger partial charge in [0.05, 0.1) is 18.9 Å². The monoisotopic (exact) mass is 401 g/mol. The van der Waals surface area contributed by atoms with Crippen LogP contribution < -0.4 is 0 Å². The second kappa shape index (κ2) is 8.86. The zero-order chi connectivity index (χ0) is 20.3. The van der Waals surface area contributed by atoms with Crippen LogP contribution in [0.25, 0.3) is 0 Å². The molecule has 6 heteroatoms. The van der Waals surface area contributed by atoms with Crippen LogP contribution in [-0.4, -0.2) is 54.1 Å². The number of aromatic nitrogens is 1. The lowest BCUT2D eigenvalue weighted by Gasteiger charge is -2.30. The molecule has 0 amide bonds. The lowest BCUT2D eigenvalue weighted by Crippen LogP contribution is -2.36. The van der Waals surface area contributed by atoms with E-state index in [-0.39, 0.29) is 5.41 Å². The number of hydrogen-bond acceptors (Lipinski definition) is 4. The highest BCUT2D eigenvalue weighted by molar-refractivity contribution is 5.18. The van der Waals surface area contributed by atoms with Gasteiger partial charge in [-0.25, -0.2) is 8.78 Å². The van der Waals surface area contributed by atoms with E-state index in [1.165, 1.54) is 12.1 Å². The van der Waals surface area contributed by atoms with Crippen LogP contribution in [0.5, 0.6) is 0 Å². The molecule has 0 N–H and O–H groups in total. The third kappa shape index (κ3) is 4.65. The van der Waals surface area contributed by atoms with Crippen LogP contribution in [0.3, 0.4) is 0 Å². The molecule has 4 nitrogen and oxygen atoms in total. The minimum absolute atomic E-state index is 0.207. The van der Waals surface area contributed by atoms with E-state index < -0.39 is 11.6 Å². The van der Waals surface area contributed by atoms with Crippen LogP contribution in [0.1, 0.15) is 24.6 Å². The molecule has 2 atom stereocenters. The van der Waals surface area contributed by atoms with Crippen molar-refractivity contribution in [3.63, 3.8) is 0 Å². The molecule has 0 bridgehead atoms. The van der Waals surface area contributed by atoms with Crippen molar-refractivity contribution < 1.29 is 13.5 Å². The van der Waals surface area contributed by atoms with Gasteiger partial charge in [0.25, 0.3) is 0 Å². The van der Waals surface area contributed by atoms with E-state index in [0.717, 1.165) is 57.0 Å². The summed E-state index contributed by atoms with van der Waals surface area (Å²) in [5.74, 6) is -1.08. The largest absolute Gasteiger partial charge is 0.375 e. The molecule has 0 saturated carbocycles. The van der Waals surface area contributed by atoms with Crippen molar-refractivity contribution in [3.8, 4) is 0 Å². The summed E-state index contributed by atoms with van der Waals surface area (Å²) in [7, 11) is 0. The average Bonchev–Trinajstić information content (AvgIpc) is 3.29. The lowest BCUT2D eigenvalue weighted by molar-refractivity contribution is 0.0501. The molecule has 0 unspecified atom stereocenters. The first-order valence-electron chi connectivity index (χ1n) is 10.4. The predicted molar refractivity (Wildman–Crippen MR) is 108 cm³/mol. The molecule has 156 valence electrons. The van der Waals surface area contributed by atoms with E-state index in [1.54, 1.807) is 12.3 Å². The predicted octanol–water partition coefficient (Wildman–Crippen LogP) is 3.72. The first-order chi connectivity index (χ1) is 14.1. The Morgan fingerprint density at radius 1 is 1.14 bits per heavy atom. The number of nitrogens with zero attached hydrogens (tertiary/aromatic N) is 3. The molecule has 29 heavy (non-hydrogen) atoms. The summed E-state index contributed by atoms with van der Waals surface area (Å²) in [6, 6.07) is 10.1. The maximum absolute atomic E-state index is 13.6. The van der Waals surface area contributed by atoms with Gasteiger partial charge >= 0.3 is 0 Å². The van der Waals surface area contributed by atoms with Gasteiger partial charge in [0.2, 0.25) is 0 Å². The minimum atomic E-state index is -0.786. The number of pyridine rings is 1. The number of benzene rings is 1. The lowest BCUT2D eigenvalue weighted by atomic mass is 9.77. The Hall–Kier alpha value is -1.89. The quantitative estimate of drug-likeness (QED) is 0.707. The summed E-state index contributed by atoms with van der Waals surface area (Å²) >= 11 is 0. The molecule has 2 fully saturated rings. The highest BCUT2D eigenvalue weighted by Crippen LogP contribution is 2.44. The number of rotatable bonds is 7. The molecule has 1 spiro atoms. The smallest absolute Gasteiger partial charge is 0.159 e. The Morgan fingerprint density at radius 2 is 2.00 bits per heavy atom. The third-order valence-electron chi connectivity index (χ3n) is 6.48. The molecule has 3 heterocycles. The summed E-state index contributed by atoms with van der Waals surface area (Å²) in [5.41, 5.74) is 1.99. The van der Waals surface area contributed by atoms with Crippen molar-refractivity contribution >= 4 is 0 Å². The highest BCUT2D eigenvalue weighted by Gasteiger charge is 2.49. The molecule has 0 radical (unpaired) electrons. The Morgan fingerprint density at radius 3 is 2.76 bits per heavy atom. The molecule has 2 aromatic rings. The summed E-state index contributed by atoms with van der Waals surface area (Å²) < 4.78 is 32.8. The van der Waals surface area contributed by atoms with Gasteiger partial charge in [-0.3, -0.25) is 9.88 Å². The minimum Gasteiger partial charge on any atom is -0.375 e. The molecular formula is C23H29F2N3O. The third-order valence-corrected chi connectivity index (χ3v) is 6.48. The Bertz CT molecular complexity index is 819. The zero-order valence-electron chi connectivity index (χ0n) is 17.0. The van der Waals surface area contributed by atoms with Crippen LogP contribution in [0.2, 0.25) is 0 Å². The van der Waals surface area contributed by atoms with Crippen LogP contribution in [0.4, 0.5) is 8.78 Å². The van der Waals surface area contributed by atoms with E-state index in [9.17, 15) is 8.78 Å². The van der Waals surface area contributed by atoms with E-state index >= 15 is 0 Å². The Kier molecular flexibility index (Phi) is 6.23. The van der Waals surface area contributed by atoms with Gasteiger partial charge in [0, 0.05) is 43.7 Å². The van der Waals surface area contributed by atoms with E-state index in [2.05, 4.69) is 21.7 Å². The molecule has 1 aromatic carbocycles. The van der Waals surface area contributed by atoms with Crippen LogP contribution in [0.15, 0.2) is 42.6 Å². The van der Waals surface area contributed by atoms with Gasteiger partial charge in [-0.2, -0.15) is 0 Å². The fourth-order valence-corrected chi connectivity index (χ4v) is 4.88.